The molecular formula is H4BaO5S. The normalized spacial score (nSPS) is 8.29. The predicted molar refractivity (Wildman–Crippen MR) is 23.4 cm³/mol. The summed E-state index contributed by atoms with van der Waals surface area (Å²) in [5.74, 6) is 0. The molecule has 0 aliphatic rings. The van der Waals surface area contributed by atoms with Crippen molar-refractivity contribution in [2.75, 3.05) is 0 Å². The Kier molecular flexibility index (Phi) is 12.5. The Morgan fingerprint density at radius 3 is 1.14 bits per heavy atom. The fourth-order valence-electron chi connectivity index (χ4n) is 0. The standard InChI is InChI=1S/Ba.H2O4S.O.2H/c;1-5(2,3)4;;;/h;(H2,1,2,3,4);;;. The summed E-state index contributed by atoms with van der Waals surface area (Å²) in [5, 5.41) is 0. The van der Waals surface area contributed by atoms with Gasteiger partial charge in [-0.1, -0.05) is 0 Å². The van der Waals surface area contributed by atoms with Gasteiger partial charge in [0.15, 0.2) is 0 Å². The molecule has 0 bridgehead atoms. The van der Waals surface area contributed by atoms with Crippen molar-refractivity contribution in [3.63, 3.8) is 0 Å². The summed E-state index contributed by atoms with van der Waals surface area (Å²) in [6, 6.07) is 0. The minimum Gasteiger partial charge on any atom is 0 e. The maximum absolute atomic E-state index is 8.74. The molecule has 0 saturated carbocycles. The predicted octanol–water partition coefficient (Wildman–Crippen LogP) is -1.69. The van der Waals surface area contributed by atoms with E-state index >= 15 is 0 Å². The third-order valence-corrected chi connectivity index (χ3v) is 0. The minimum atomic E-state index is -4.67. The zero-order valence-corrected chi connectivity index (χ0v) is 3.34. The molecule has 0 heterocycles. The van der Waals surface area contributed by atoms with Gasteiger partial charge in [-0.25, -0.2) is 0 Å². The minimum absolute atomic E-state index is 0. The topological polar surface area (TPSA) is 103 Å². The van der Waals surface area contributed by atoms with Crippen LogP contribution in [-0.4, -0.2) is 66.4 Å². The van der Waals surface area contributed by atoms with Crippen molar-refractivity contribution in [2.24, 2.45) is 0 Å². The second-order valence-electron chi connectivity index (χ2n) is 0.448. The molecule has 0 unspecified atom stereocenters. The summed E-state index contributed by atoms with van der Waals surface area (Å²) in [6.45, 7) is 0. The monoisotopic (exact) mass is 254 g/mol. The van der Waals surface area contributed by atoms with Crippen LogP contribution in [0.2, 0.25) is 0 Å². The molecule has 0 atom stereocenters. The largest absolute Gasteiger partial charge is 0 e. The molecule has 42 valence electrons. The van der Waals surface area contributed by atoms with Gasteiger partial charge in [0.05, 0.1) is 0 Å². The molecule has 0 aliphatic heterocycles. The number of rotatable bonds is 0. The van der Waals surface area contributed by atoms with Crippen molar-refractivity contribution in [3.05, 3.63) is 0 Å². The van der Waals surface area contributed by atoms with Gasteiger partial charge in [0.25, 0.3) is 0 Å². The van der Waals surface area contributed by atoms with Gasteiger partial charge >= 0.3 is 59.3 Å². The van der Waals surface area contributed by atoms with Crippen LogP contribution in [0.25, 0.3) is 0 Å². The second-order valence-corrected chi connectivity index (χ2v) is 1.34. The first-order chi connectivity index (χ1) is 2.00. The van der Waals surface area contributed by atoms with E-state index in [-0.39, 0.29) is 54.4 Å². The van der Waals surface area contributed by atoms with E-state index in [0.29, 0.717) is 0 Å². The number of hydrogen-bond donors (Lipinski definition) is 2. The summed E-state index contributed by atoms with van der Waals surface area (Å²) in [5.41, 5.74) is 0. The molecule has 0 aromatic rings. The molecule has 5 nitrogen and oxygen atoms in total. The number of hydrogen-bond acceptors (Lipinski definition) is 2. The SMILES string of the molecule is O=S(=O)(O)O.[BaH2].[O]. The van der Waals surface area contributed by atoms with Crippen molar-refractivity contribution < 1.29 is 23.0 Å². The molecule has 0 spiro atoms. The fraction of sp³-hybridized carbons (Fsp3) is 0. The van der Waals surface area contributed by atoms with E-state index in [4.69, 9.17) is 17.5 Å². The third-order valence-electron chi connectivity index (χ3n) is 0. The van der Waals surface area contributed by atoms with Crippen LogP contribution >= 0.6 is 0 Å². The van der Waals surface area contributed by atoms with E-state index in [1.165, 1.54) is 0 Å². The Morgan fingerprint density at radius 2 is 1.14 bits per heavy atom. The van der Waals surface area contributed by atoms with Crippen LogP contribution in [0.3, 0.4) is 0 Å². The molecule has 0 fully saturated rings. The molecule has 0 amide bonds. The fourth-order valence-corrected chi connectivity index (χ4v) is 0. The van der Waals surface area contributed by atoms with Crippen LogP contribution in [0.1, 0.15) is 0 Å². The van der Waals surface area contributed by atoms with Gasteiger partial charge < -0.3 is 0 Å². The molecule has 0 aromatic heterocycles. The van der Waals surface area contributed by atoms with Crippen molar-refractivity contribution in [2.45, 2.75) is 0 Å². The summed E-state index contributed by atoms with van der Waals surface area (Å²) in [6.07, 6.45) is 0. The Morgan fingerprint density at radius 1 is 1.14 bits per heavy atom. The van der Waals surface area contributed by atoms with Crippen LogP contribution in [0.15, 0.2) is 0 Å². The van der Waals surface area contributed by atoms with E-state index in [9.17, 15) is 0 Å². The van der Waals surface area contributed by atoms with Gasteiger partial charge in [0.1, 0.15) is 0 Å². The van der Waals surface area contributed by atoms with Gasteiger partial charge in [0.2, 0.25) is 0 Å². The Balaban J connectivity index is -0.0000000800. The van der Waals surface area contributed by atoms with Crippen molar-refractivity contribution in [1.29, 1.82) is 0 Å². The Labute approximate surface area is 81.1 Å². The smallest absolute Gasteiger partial charge is 0 e. The van der Waals surface area contributed by atoms with E-state index in [2.05, 4.69) is 0 Å². The zero-order chi connectivity index (χ0) is 4.50. The maximum atomic E-state index is 8.74. The molecular weight excluding hydrogens is 249 g/mol. The van der Waals surface area contributed by atoms with Crippen molar-refractivity contribution >= 4 is 59.3 Å². The van der Waals surface area contributed by atoms with E-state index in [1.54, 1.807) is 0 Å². The van der Waals surface area contributed by atoms with E-state index in [0.717, 1.165) is 0 Å². The first kappa shape index (κ1) is 15.8. The van der Waals surface area contributed by atoms with Crippen LogP contribution in [0, 0.1) is 0 Å². The quantitative estimate of drug-likeness (QED) is 0.397. The molecule has 0 rings (SSSR count). The molecule has 2 radical (unpaired) electrons. The van der Waals surface area contributed by atoms with Crippen LogP contribution in [0.5, 0.6) is 0 Å². The zero-order valence-electron chi connectivity index (χ0n) is 2.53. The average Bonchev–Trinajstić information content (AvgIpc) is 0.722. The summed E-state index contributed by atoms with van der Waals surface area (Å²) < 4.78 is 31.6. The van der Waals surface area contributed by atoms with Crippen molar-refractivity contribution in [3.8, 4) is 0 Å². The van der Waals surface area contributed by atoms with Gasteiger partial charge in [-0.05, 0) is 0 Å². The molecule has 7 heavy (non-hydrogen) atoms. The third kappa shape index (κ3) is 110. The average molecular weight is 253 g/mol. The Bertz CT molecular complexity index is 91.2. The van der Waals surface area contributed by atoms with Gasteiger partial charge in [-0.15, -0.1) is 0 Å². The van der Waals surface area contributed by atoms with E-state index < -0.39 is 10.4 Å². The first-order valence-electron chi connectivity index (χ1n) is 0.698. The maximum Gasteiger partial charge on any atom is 0 e. The molecule has 0 aromatic carbocycles. The first-order valence-corrected chi connectivity index (χ1v) is 2.10. The van der Waals surface area contributed by atoms with Crippen LogP contribution in [0.4, 0.5) is 0 Å². The molecule has 0 aliphatic carbocycles. The van der Waals surface area contributed by atoms with Gasteiger partial charge in [-0.2, -0.15) is 8.42 Å². The summed E-state index contributed by atoms with van der Waals surface area (Å²) in [4.78, 5) is 0. The second kappa shape index (κ2) is 5.54. The Hall–Kier alpha value is 1.40. The summed E-state index contributed by atoms with van der Waals surface area (Å²) >= 11 is 0. The van der Waals surface area contributed by atoms with Crippen LogP contribution < -0.4 is 0 Å². The molecule has 7 heteroatoms. The van der Waals surface area contributed by atoms with Crippen molar-refractivity contribution in [1.82, 2.24) is 0 Å². The van der Waals surface area contributed by atoms with Gasteiger partial charge in [0, 0.05) is 5.48 Å². The van der Waals surface area contributed by atoms with E-state index in [1.807, 2.05) is 0 Å². The molecule has 2 N–H and O–H groups in total. The molecule has 0 saturated heterocycles. The van der Waals surface area contributed by atoms with Gasteiger partial charge in [-0.3, -0.25) is 9.11 Å². The summed E-state index contributed by atoms with van der Waals surface area (Å²) in [7, 11) is -4.67. The van der Waals surface area contributed by atoms with Crippen LogP contribution in [-0.2, 0) is 15.9 Å².